The molecule has 0 N–H and O–H groups in total. The molecule has 6 nitrogen and oxygen atoms in total. The summed E-state index contributed by atoms with van der Waals surface area (Å²) in [5, 5.41) is 0. The van der Waals surface area contributed by atoms with Gasteiger partial charge in [-0.05, 0) is 43.7 Å². The normalized spacial score (nSPS) is 17.3. The Morgan fingerprint density at radius 3 is 2.85 bits per heavy atom. The average Bonchev–Trinajstić information content (AvgIpc) is 2.69. The predicted molar refractivity (Wildman–Crippen MR) is 98.4 cm³/mol. The van der Waals surface area contributed by atoms with Crippen LogP contribution in [0.5, 0.6) is 0 Å². The number of nitrogens with zero attached hydrogens (tertiary/aromatic N) is 4. The lowest BCUT2D eigenvalue weighted by Crippen LogP contribution is -2.46. The molecule has 0 aliphatic carbocycles. The lowest BCUT2D eigenvalue weighted by molar-refractivity contribution is -0.133. The molecule has 0 radical (unpaired) electrons. The lowest BCUT2D eigenvalue weighted by atomic mass is 9.92. The number of rotatable bonds is 6. The maximum atomic E-state index is 12.6. The molecule has 136 valence electrons. The van der Waals surface area contributed by atoms with Gasteiger partial charge in [-0.1, -0.05) is 12.1 Å². The molecule has 1 amide bonds. The van der Waals surface area contributed by atoms with Crippen molar-refractivity contribution in [1.29, 1.82) is 0 Å². The first-order valence-electron chi connectivity index (χ1n) is 8.94. The van der Waals surface area contributed by atoms with Crippen LogP contribution in [0.2, 0.25) is 0 Å². The van der Waals surface area contributed by atoms with Gasteiger partial charge in [0.25, 0.3) is 0 Å². The van der Waals surface area contributed by atoms with E-state index in [2.05, 4.69) is 9.97 Å². The molecule has 0 saturated carbocycles. The minimum Gasteiger partial charge on any atom is -0.341 e. The van der Waals surface area contributed by atoms with E-state index in [1.54, 1.807) is 24.5 Å². The van der Waals surface area contributed by atoms with E-state index in [0.29, 0.717) is 31.9 Å². The minimum atomic E-state index is -0.161. The monoisotopic (exact) mass is 352 g/mol. The van der Waals surface area contributed by atoms with Crippen LogP contribution in [-0.2, 0) is 11.3 Å². The van der Waals surface area contributed by atoms with E-state index in [4.69, 9.17) is 0 Å². The number of amides is 1. The zero-order valence-corrected chi connectivity index (χ0v) is 15.0. The third-order valence-corrected chi connectivity index (χ3v) is 4.64. The molecule has 0 spiro atoms. The second-order valence-corrected chi connectivity index (χ2v) is 6.79. The SMILES string of the molecule is CN(CC(=O)N1CCC[C@H](C(=O)c2ccccn2)C1)Cc1cccnc1. The number of aromatic nitrogens is 2. The van der Waals surface area contributed by atoms with Crippen molar-refractivity contribution in [3.63, 3.8) is 0 Å². The Morgan fingerprint density at radius 1 is 1.23 bits per heavy atom. The Balaban J connectivity index is 1.55. The summed E-state index contributed by atoms with van der Waals surface area (Å²) in [5.74, 6) is -0.0621. The Kier molecular flexibility index (Phi) is 6.07. The van der Waals surface area contributed by atoms with Crippen molar-refractivity contribution in [3.8, 4) is 0 Å². The van der Waals surface area contributed by atoms with Gasteiger partial charge in [0.1, 0.15) is 5.69 Å². The van der Waals surface area contributed by atoms with Gasteiger partial charge in [0.15, 0.2) is 5.78 Å². The number of likely N-dealkylation sites (tertiary alicyclic amines) is 1. The van der Waals surface area contributed by atoms with Crippen molar-refractivity contribution in [2.24, 2.45) is 5.92 Å². The van der Waals surface area contributed by atoms with Crippen LogP contribution in [0.3, 0.4) is 0 Å². The summed E-state index contributed by atoms with van der Waals surface area (Å²) in [7, 11) is 1.92. The molecule has 1 aliphatic rings. The van der Waals surface area contributed by atoms with Gasteiger partial charge >= 0.3 is 0 Å². The van der Waals surface area contributed by atoms with E-state index in [1.807, 2.05) is 41.2 Å². The third kappa shape index (κ3) is 4.73. The van der Waals surface area contributed by atoms with E-state index in [0.717, 1.165) is 18.4 Å². The molecule has 2 aromatic rings. The van der Waals surface area contributed by atoms with Crippen molar-refractivity contribution in [1.82, 2.24) is 19.8 Å². The van der Waals surface area contributed by atoms with E-state index in [-0.39, 0.29) is 17.6 Å². The average molecular weight is 352 g/mol. The van der Waals surface area contributed by atoms with Crippen LogP contribution in [0.4, 0.5) is 0 Å². The summed E-state index contributed by atoms with van der Waals surface area (Å²) in [4.78, 5) is 37.3. The zero-order valence-electron chi connectivity index (χ0n) is 15.0. The number of carbonyl (C=O) groups excluding carboxylic acids is 2. The topological polar surface area (TPSA) is 66.4 Å². The largest absolute Gasteiger partial charge is 0.341 e. The van der Waals surface area contributed by atoms with Crippen molar-refractivity contribution in [2.45, 2.75) is 19.4 Å². The molecule has 1 fully saturated rings. The van der Waals surface area contributed by atoms with Gasteiger partial charge in [-0.25, -0.2) is 0 Å². The summed E-state index contributed by atoms with van der Waals surface area (Å²) >= 11 is 0. The summed E-state index contributed by atoms with van der Waals surface area (Å²) < 4.78 is 0. The molecule has 0 unspecified atom stereocenters. The second kappa shape index (κ2) is 8.67. The van der Waals surface area contributed by atoms with Crippen LogP contribution in [0.15, 0.2) is 48.9 Å². The molecule has 6 heteroatoms. The molecule has 0 bridgehead atoms. The lowest BCUT2D eigenvalue weighted by Gasteiger charge is -2.33. The number of piperidine rings is 1. The van der Waals surface area contributed by atoms with Gasteiger partial charge < -0.3 is 4.90 Å². The predicted octanol–water partition coefficient (Wildman–Crippen LogP) is 2.03. The van der Waals surface area contributed by atoms with Crippen LogP contribution in [0.25, 0.3) is 0 Å². The fraction of sp³-hybridized carbons (Fsp3) is 0.400. The Morgan fingerprint density at radius 2 is 2.12 bits per heavy atom. The molecule has 0 aromatic carbocycles. The molecule has 1 saturated heterocycles. The molecular formula is C20H24N4O2. The fourth-order valence-electron chi connectivity index (χ4n) is 3.33. The Hall–Kier alpha value is -2.60. The van der Waals surface area contributed by atoms with Crippen LogP contribution in [-0.4, -0.2) is 58.1 Å². The summed E-state index contributed by atoms with van der Waals surface area (Å²) in [6, 6.07) is 9.25. The van der Waals surface area contributed by atoms with E-state index < -0.39 is 0 Å². The first-order valence-corrected chi connectivity index (χ1v) is 8.94. The minimum absolute atomic E-state index is 0.0341. The van der Waals surface area contributed by atoms with E-state index >= 15 is 0 Å². The molecule has 26 heavy (non-hydrogen) atoms. The van der Waals surface area contributed by atoms with Crippen molar-refractivity contribution in [2.75, 3.05) is 26.7 Å². The molecule has 3 rings (SSSR count). The summed E-state index contributed by atoms with van der Waals surface area (Å²) in [6.07, 6.45) is 6.84. The van der Waals surface area contributed by atoms with Crippen LogP contribution in [0.1, 0.15) is 28.9 Å². The Bertz CT molecular complexity index is 736. The van der Waals surface area contributed by atoms with Crippen molar-refractivity contribution < 1.29 is 9.59 Å². The first kappa shape index (κ1) is 18.2. The molecular weight excluding hydrogens is 328 g/mol. The number of carbonyl (C=O) groups is 2. The number of likely N-dealkylation sites (N-methyl/N-ethyl adjacent to an activating group) is 1. The third-order valence-electron chi connectivity index (χ3n) is 4.64. The number of hydrogen-bond acceptors (Lipinski definition) is 5. The standard InChI is InChI=1S/C20H24N4O2/c1-23(13-16-6-4-9-21-12-16)15-19(25)24-11-5-7-17(14-24)20(26)18-8-2-3-10-22-18/h2-4,6,8-10,12,17H,5,7,11,13-15H2,1H3/t17-/m0/s1. The summed E-state index contributed by atoms with van der Waals surface area (Å²) in [5.41, 5.74) is 1.56. The fourth-order valence-corrected chi connectivity index (χ4v) is 3.33. The van der Waals surface area contributed by atoms with Gasteiger partial charge in [0, 0.05) is 44.1 Å². The second-order valence-electron chi connectivity index (χ2n) is 6.79. The van der Waals surface area contributed by atoms with Gasteiger partial charge in [-0.15, -0.1) is 0 Å². The zero-order chi connectivity index (χ0) is 18.4. The number of ketones is 1. The number of pyridine rings is 2. The molecule has 2 aromatic heterocycles. The number of hydrogen-bond donors (Lipinski definition) is 0. The van der Waals surface area contributed by atoms with Gasteiger partial charge in [-0.3, -0.25) is 24.5 Å². The maximum absolute atomic E-state index is 12.6. The summed E-state index contributed by atoms with van der Waals surface area (Å²) in [6.45, 7) is 2.20. The molecule has 1 aliphatic heterocycles. The quantitative estimate of drug-likeness (QED) is 0.744. The van der Waals surface area contributed by atoms with Crippen LogP contribution < -0.4 is 0 Å². The highest BCUT2D eigenvalue weighted by Crippen LogP contribution is 2.20. The first-order chi connectivity index (χ1) is 12.6. The van der Waals surface area contributed by atoms with E-state index in [9.17, 15) is 9.59 Å². The van der Waals surface area contributed by atoms with Crippen molar-refractivity contribution in [3.05, 3.63) is 60.2 Å². The smallest absolute Gasteiger partial charge is 0.236 e. The van der Waals surface area contributed by atoms with Crippen LogP contribution >= 0.6 is 0 Å². The maximum Gasteiger partial charge on any atom is 0.236 e. The number of Topliss-reactive ketones (excluding diaryl/α,β-unsaturated/α-hetero) is 1. The molecule has 1 atom stereocenters. The van der Waals surface area contributed by atoms with Crippen molar-refractivity contribution >= 4 is 11.7 Å². The Labute approximate surface area is 153 Å². The van der Waals surface area contributed by atoms with E-state index in [1.165, 1.54) is 0 Å². The van der Waals surface area contributed by atoms with Crippen LogP contribution in [0, 0.1) is 5.92 Å². The highest BCUT2D eigenvalue weighted by Gasteiger charge is 2.29. The van der Waals surface area contributed by atoms with Gasteiger partial charge in [0.05, 0.1) is 6.54 Å². The van der Waals surface area contributed by atoms with Gasteiger partial charge in [-0.2, -0.15) is 0 Å². The van der Waals surface area contributed by atoms with Gasteiger partial charge in [0.2, 0.25) is 5.91 Å². The highest BCUT2D eigenvalue weighted by molar-refractivity contribution is 5.96. The highest BCUT2D eigenvalue weighted by atomic mass is 16.2. The molecule has 3 heterocycles.